The second-order valence-electron chi connectivity index (χ2n) is 4.54. The van der Waals surface area contributed by atoms with Crippen molar-refractivity contribution in [1.29, 1.82) is 0 Å². The van der Waals surface area contributed by atoms with Gasteiger partial charge in [-0.3, -0.25) is 0 Å². The zero-order valence-corrected chi connectivity index (χ0v) is 10.0. The molecular formula is C15H19N. The fourth-order valence-electron chi connectivity index (χ4n) is 1.75. The number of nitrogens with one attached hydrogen (secondary N) is 1. The van der Waals surface area contributed by atoms with Crippen LogP contribution in [0.2, 0.25) is 0 Å². The molecule has 1 nitrogen and oxygen atoms in total. The van der Waals surface area contributed by atoms with E-state index >= 15 is 0 Å². The Morgan fingerprint density at radius 3 is 2.56 bits per heavy atom. The van der Waals surface area contributed by atoms with Crippen LogP contribution in [0.3, 0.4) is 0 Å². The maximum Gasteiger partial charge on any atom is 0.0230 e. The lowest BCUT2D eigenvalue weighted by atomic mass is 10.1. The van der Waals surface area contributed by atoms with Crippen LogP contribution in [0.1, 0.15) is 25.8 Å². The Bertz CT molecular complexity index is 397. The van der Waals surface area contributed by atoms with Gasteiger partial charge in [0, 0.05) is 12.6 Å². The van der Waals surface area contributed by atoms with Crippen molar-refractivity contribution in [3.63, 3.8) is 0 Å². The molecule has 1 unspecified atom stereocenters. The highest BCUT2D eigenvalue weighted by molar-refractivity contribution is 5.65. The van der Waals surface area contributed by atoms with Crippen LogP contribution < -0.4 is 5.32 Å². The van der Waals surface area contributed by atoms with Gasteiger partial charge < -0.3 is 5.32 Å². The molecule has 1 aliphatic rings. The number of allylic oxidation sites excluding steroid dienone is 3. The van der Waals surface area contributed by atoms with Crippen molar-refractivity contribution in [3.05, 3.63) is 53.6 Å². The van der Waals surface area contributed by atoms with E-state index in [0.717, 1.165) is 6.04 Å². The normalized spacial score (nSPS) is 21.0. The monoisotopic (exact) mass is 213 g/mol. The number of benzene rings is 1. The second-order valence-corrected chi connectivity index (χ2v) is 4.54. The number of hydrogen-bond donors (Lipinski definition) is 1. The molecule has 1 aliphatic heterocycles. The van der Waals surface area contributed by atoms with E-state index in [-0.39, 0.29) is 0 Å². The van der Waals surface area contributed by atoms with Crippen molar-refractivity contribution in [3.8, 4) is 0 Å². The predicted octanol–water partition coefficient (Wildman–Crippen LogP) is 3.40. The molecular weight excluding hydrogens is 194 g/mol. The van der Waals surface area contributed by atoms with E-state index in [4.69, 9.17) is 0 Å². The van der Waals surface area contributed by atoms with Gasteiger partial charge in [0.05, 0.1) is 0 Å². The molecule has 0 bridgehead atoms. The highest BCUT2D eigenvalue weighted by Crippen LogP contribution is 2.15. The van der Waals surface area contributed by atoms with Crippen LogP contribution in [0.25, 0.3) is 5.57 Å². The molecule has 1 N–H and O–H groups in total. The lowest BCUT2D eigenvalue weighted by Gasteiger charge is -2.00. The molecule has 1 fully saturated rings. The lowest BCUT2D eigenvalue weighted by molar-refractivity contribution is 0.914. The Morgan fingerprint density at radius 1 is 1.25 bits per heavy atom. The van der Waals surface area contributed by atoms with Gasteiger partial charge >= 0.3 is 0 Å². The molecule has 16 heavy (non-hydrogen) atoms. The van der Waals surface area contributed by atoms with E-state index in [0.29, 0.717) is 0 Å². The van der Waals surface area contributed by atoms with Gasteiger partial charge in [-0.05, 0) is 31.4 Å². The molecule has 0 saturated carbocycles. The third-order valence-corrected chi connectivity index (χ3v) is 2.91. The highest BCUT2D eigenvalue weighted by Gasteiger charge is 2.19. The summed E-state index contributed by atoms with van der Waals surface area (Å²) < 4.78 is 0. The SMILES string of the molecule is C/C(=C\C=C(/C)c1ccccc1)CC1CN1. The molecule has 1 heteroatoms. The van der Waals surface area contributed by atoms with Gasteiger partial charge in [-0.25, -0.2) is 0 Å². The minimum Gasteiger partial charge on any atom is -0.311 e. The fraction of sp³-hybridized carbons (Fsp3) is 0.333. The van der Waals surface area contributed by atoms with Crippen LogP contribution in [0.5, 0.6) is 0 Å². The first-order chi connectivity index (χ1) is 7.75. The van der Waals surface area contributed by atoms with Gasteiger partial charge in [0.15, 0.2) is 0 Å². The molecule has 1 aromatic rings. The van der Waals surface area contributed by atoms with E-state index in [1.165, 1.54) is 29.7 Å². The molecule has 2 rings (SSSR count). The van der Waals surface area contributed by atoms with Gasteiger partial charge in [0.25, 0.3) is 0 Å². The molecule has 0 aliphatic carbocycles. The standard InChI is InChI=1S/C15H19N/c1-12(10-15-11-16-15)8-9-13(2)14-6-4-3-5-7-14/h3-9,15-16H,10-11H2,1-2H3/b12-8+,13-9+. The zero-order chi connectivity index (χ0) is 11.4. The van der Waals surface area contributed by atoms with Crippen LogP contribution in [-0.2, 0) is 0 Å². The Kier molecular flexibility index (Phi) is 3.58. The average Bonchev–Trinajstić information content (AvgIpc) is 3.11. The van der Waals surface area contributed by atoms with Crippen LogP contribution in [0.15, 0.2) is 48.1 Å². The summed E-state index contributed by atoms with van der Waals surface area (Å²) in [4.78, 5) is 0. The summed E-state index contributed by atoms with van der Waals surface area (Å²) in [6, 6.07) is 11.3. The summed E-state index contributed by atoms with van der Waals surface area (Å²) in [5, 5.41) is 3.32. The maximum atomic E-state index is 3.32. The van der Waals surface area contributed by atoms with Crippen molar-refractivity contribution in [2.45, 2.75) is 26.3 Å². The highest BCUT2D eigenvalue weighted by atomic mass is 15.1. The topological polar surface area (TPSA) is 21.9 Å². The summed E-state index contributed by atoms with van der Waals surface area (Å²) in [6.07, 6.45) is 5.63. The largest absolute Gasteiger partial charge is 0.311 e. The minimum atomic E-state index is 0.738. The van der Waals surface area contributed by atoms with Crippen LogP contribution in [0, 0.1) is 0 Å². The Hall–Kier alpha value is -1.34. The molecule has 1 heterocycles. The molecule has 1 saturated heterocycles. The number of hydrogen-bond acceptors (Lipinski definition) is 1. The molecule has 0 spiro atoms. The summed E-state index contributed by atoms with van der Waals surface area (Å²) >= 11 is 0. The van der Waals surface area contributed by atoms with Crippen LogP contribution >= 0.6 is 0 Å². The first-order valence-corrected chi connectivity index (χ1v) is 5.88. The third kappa shape index (κ3) is 3.35. The van der Waals surface area contributed by atoms with E-state index in [9.17, 15) is 0 Å². The van der Waals surface area contributed by atoms with E-state index in [2.05, 4.69) is 61.6 Å². The maximum absolute atomic E-state index is 3.32. The van der Waals surface area contributed by atoms with Crippen molar-refractivity contribution in [1.82, 2.24) is 5.32 Å². The third-order valence-electron chi connectivity index (χ3n) is 2.91. The Balaban J connectivity index is 2.00. The van der Waals surface area contributed by atoms with E-state index < -0.39 is 0 Å². The summed E-state index contributed by atoms with van der Waals surface area (Å²) in [7, 11) is 0. The Morgan fingerprint density at radius 2 is 1.94 bits per heavy atom. The van der Waals surface area contributed by atoms with Crippen molar-refractivity contribution >= 4 is 5.57 Å². The zero-order valence-electron chi connectivity index (χ0n) is 10.0. The van der Waals surface area contributed by atoms with Crippen molar-refractivity contribution in [2.24, 2.45) is 0 Å². The van der Waals surface area contributed by atoms with Crippen LogP contribution in [-0.4, -0.2) is 12.6 Å². The predicted molar refractivity (Wildman–Crippen MR) is 70.3 cm³/mol. The van der Waals surface area contributed by atoms with Crippen LogP contribution in [0.4, 0.5) is 0 Å². The van der Waals surface area contributed by atoms with Gasteiger partial charge in [-0.2, -0.15) is 0 Å². The van der Waals surface area contributed by atoms with Gasteiger partial charge in [-0.15, -0.1) is 0 Å². The van der Waals surface area contributed by atoms with E-state index in [1.807, 2.05) is 0 Å². The van der Waals surface area contributed by atoms with Gasteiger partial charge in [0.1, 0.15) is 0 Å². The summed E-state index contributed by atoms with van der Waals surface area (Å²) in [5.41, 5.74) is 4.07. The Labute approximate surface area is 97.9 Å². The summed E-state index contributed by atoms with van der Waals surface area (Å²) in [6.45, 7) is 5.55. The minimum absolute atomic E-state index is 0.738. The molecule has 1 aromatic carbocycles. The quantitative estimate of drug-likeness (QED) is 0.601. The molecule has 0 aromatic heterocycles. The molecule has 0 amide bonds. The first-order valence-electron chi connectivity index (χ1n) is 5.88. The molecule has 0 radical (unpaired) electrons. The van der Waals surface area contributed by atoms with Gasteiger partial charge in [-0.1, -0.05) is 48.1 Å². The molecule has 1 atom stereocenters. The summed E-state index contributed by atoms with van der Waals surface area (Å²) in [5.74, 6) is 0. The fourth-order valence-corrected chi connectivity index (χ4v) is 1.75. The van der Waals surface area contributed by atoms with Crippen molar-refractivity contribution < 1.29 is 0 Å². The van der Waals surface area contributed by atoms with Crippen molar-refractivity contribution in [2.75, 3.05) is 6.54 Å². The van der Waals surface area contributed by atoms with Gasteiger partial charge in [0.2, 0.25) is 0 Å². The average molecular weight is 213 g/mol. The van der Waals surface area contributed by atoms with E-state index in [1.54, 1.807) is 0 Å². The second kappa shape index (κ2) is 5.13. The first kappa shape index (κ1) is 11.2. The lowest BCUT2D eigenvalue weighted by Crippen LogP contribution is -1.90. The number of rotatable bonds is 4. The molecule has 84 valence electrons. The smallest absolute Gasteiger partial charge is 0.0230 e.